The first-order chi connectivity index (χ1) is 12.6. The van der Waals surface area contributed by atoms with Crippen LogP contribution in [0.3, 0.4) is 0 Å². The largest absolute Gasteiger partial charge is 0.385 e. The second-order valence-electron chi connectivity index (χ2n) is 6.93. The molecule has 1 aliphatic rings. The molecule has 0 amide bonds. The van der Waals surface area contributed by atoms with Crippen molar-refractivity contribution in [2.24, 2.45) is 0 Å². The standard InChI is InChI=1S/C19H29N3O2S2/c1-5-10-25-18-21-16(20-8-7-9-23-4)15-13-11-19(3,6-2)24-12-14(13)26-17(15)22-18/h5-12H2,1-4H3,(H,20,21,22)/t19-/m0/s1. The number of nitrogens with zero attached hydrogens (tertiary/aromatic N) is 2. The van der Waals surface area contributed by atoms with Crippen LogP contribution in [0.25, 0.3) is 10.2 Å². The van der Waals surface area contributed by atoms with Gasteiger partial charge in [0.05, 0.1) is 17.6 Å². The van der Waals surface area contributed by atoms with Gasteiger partial charge < -0.3 is 14.8 Å². The molecule has 144 valence electrons. The van der Waals surface area contributed by atoms with Crippen molar-refractivity contribution in [3.63, 3.8) is 0 Å². The molecule has 0 aliphatic carbocycles. The molecule has 1 aliphatic heterocycles. The maximum Gasteiger partial charge on any atom is 0.190 e. The Morgan fingerprint density at radius 1 is 1.35 bits per heavy atom. The van der Waals surface area contributed by atoms with E-state index in [1.165, 1.54) is 15.8 Å². The number of hydrogen-bond acceptors (Lipinski definition) is 7. The summed E-state index contributed by atoms with van der Waals surface area (Å²) in [6.45, 7) is 8.87. The first kappa shape index (κ1) is 19.9. The van der Waals surface area contributed by atoms with Gasteiger partial charge in [0.15, 0.2) is 5.16 Å². The third-order valence-corrected chi connectivity index (χ3v) is 6.97. The van der Waals surface area contributed by atoms with Crippen LogP contribution in [0.5, 0.6) is 0 Å². The summed E-state index contributed by atoms with van der Waals surface area (Å²) in [7, 11) is 1.74. The number of thioether (sulfide) groups is 1. The van der Waals surface area contributed by atoms with Crippen molar-refractivity contribution in [1.29, 1.82) is 0 Å². The van der Waals surface area contributed by atoms with E-state index in [0.29, 0.717) is 6.61 Å². The van der Waals surface area contributed by atoms with E-state index in [1.54, 1.807) is 30.2 Å². The number of thiophene rings is 1. The van der Waals surface area contributed by atoms with Gasteiger partial charge in [-0.25, -0.2) is 9.97 Å². The molecule has 0 spiro atoms. The van der Waals surface area contributed by atoms with Gasteiger partial charge in [0.2, 0.25) is 0 Å². The molecular formula is C19H29N3O2S2. The van der Waals surface area contributed by atoms with E-state index in [4.69, 9.17) is 19.4 Å². The van der Waals surface area contributed by atoms with E-state index in [0.717, 1.165) is 60.4 Å². The Morgan fingerprint density at radius 3 is 2.92 bits per heavy atom. The van der Waals surface area contributed by atoms with Crippen LogP contribution >= 0.6 is 23.1 Å². The number of aromatic nitrogens is 2. The van der Waals surface area contributed by atoms with Crippen LogP contribution in [-0.2, 0) is 22.5 Å². The highest BCUT2D eigenvalue weighted by Crippen LogP contribution is 2.42. The first-order valence-corrected chi connectivity index (χ1v) is 11.2. The summed E-state index contributed by atoms with van der Waals surface area (Å²) >= 11 is 3.49. The molecule has 2 aromatic rings. The minimum Gasteiger partial charge on any atom is -0.385 e. The highest BCUT2D eigenvalue weighted by molar-refractivity contribution is 7.99. The second-order valence-corrected chi connectivity index (χ2v) is 9.07. The summed E-state index contributed by atoms with van der Waals surface area (Å²) in [5.41, 5.74) is 1.28. The van der Waals surface area contributed by atoms with Crippen molar-refractivity contribution in [2.45, 2.75) is 63.8 Å². The maximum absolute atomic E-state index is 6.14. The molecule has 5 nitrogen and oxygen atoms in total. The van der Waals surface area contributed by atoms with Crippen LogP contribution < -0.4 is 5.32 Å². The van der Waals surface area contributed by atoms with Gasteiger partial charge in [-0.05, 0) is 31.7 Å². The summed E-state index contributed by atoms with van der Waals surface area (Å²) in [6, 6.07) is 0. The number of fused-ring (bicyclic) bond motifs is 3. The molecule has 0 aromatic carbocycles. The van der Waals surface area contributed by atoms with E-state index in [-0.39, 0.29) is 5.60 Å². The maximum atomic E-state index is 6.14. The van der Waals surface area contributed by atoms with Gasteiger partial charge in [0.25, 0.3) is 0 Å². The van der Waals surface area contributed by atoms with Gasteiger partial charge >= 0.3 is 0 Å². The van der Waals surface area contributed by atoms with Crippen molar-refractivity contribution >= 4 is 39.1 Å². The van der Waals surface area contributed by atoms with Crippen LogP contribution in [0, 0.1) is 0 Å². The second kappa shape index (κ2) is 8.87. The summed E-state index contributed by atoms with van der Waals surface area (Å²) < 4.78 is 11.3. The predicted octanol–water partition coefficient (Wildman–Crippen LogP) is 4.88. The van der Waals surface area contributed by atoms with E-state index in [1.807, 2.05) is 0 Å². The lowest BCUT2D eigenvalue weighted by Gasteiger charge is -2.33. The fraction of sp³-hybridized carbons (Fsp3) is 0.684. The minimum atomic E-state index is -0.0933. The Hall–Kier alpha value is -0.890. The highest BCUT2D eigenvalue weighted by Gasteiger charge is 2.33. The number of methoxy groups -OCH3 is 1. The first-order valence-electron chi connectivity index (χ1n) is 9.42. The van der Waals surface area contributed by atoms with Crippen molar-refractivity contribution in [2.75, 3.05) is 31.3 Å². The van der Waals surface area contributed by atoms with Gasteiger partial charge in [0.1, 0.15) is 10.6 Å². The van der Waals surface area contributed by atoms with Crippen LogP contribution in [0.1, 0.15) is 50.5 Å². The quantitative estimate of drug-likeness (QED) is 0.371. The Balaban J connectivity index is 1.97. The molecule has 3 heterocycles. The number of ether oxygens (including phenoxy) is 2. The van der Waals surface area contributed by atoms with E-state index in [2.05, 4.69) is 26.1 Å². The Labute approximate surface area is 164 Å². The third-order valence-electron chi connectivity index (χ3n) is 4.82. The summed E-state index contributed by atoms with van der Waals surface area (Å²) in [5, 5.41) is 5.61. The van der Waals surface area contributed by atoms with Crippen molar-refractivity contribution in [3.05, 3.63) is 10.4 Å². The van der Waals surface area contributed by atoms with Gasteiger partial charge in [0, 0.05) is 37.3 Å². The fourth-order valence-corrected chi connectivity index (χ4v) is 4.95. The zero-order chi connectivity index (χ0) is 18.6. The zero-order valence-electron chi connectivity index (χ0n) is 16.2. The number of anilines is 1. The van der Waals surface area contributed by atoms with Crippen molar-refractivity contribution < 1.29 is 9.47 Å². The molecule has 3 rings (SSSR count). The lowest BCUT2D eigenvalue weighted by Crippen LogP contribution is -2.34. The molecule has 0 unspecified atom stereocenters. The molecule has 2 aromatic heterocycles. The van der Waals surface area contributed by atoms with Crippen molar-refractivity contribution in [1.82, 2.24) is 9.97 Å². The average Bonchev–Trinajstić information content (AvgIpc) is 3.01. The molecular weight excluding hydrogens is 366 g/mol. The van der Waals surface area contributed by atoms with Gasteiger partial charge in [-0.3, -0.25) is 0 Å². The van der Waals surface area contributed by atoms with E-state index >= 15 is 0 Å². The third kappa shape index (κ3) is 4.32. The van der Waals surface area contributed by atoms with E-state index < -0.39 is 0 Å². The smallest absolute Gasteiger partial charge is 0.190 e. The zero-order valence-corrected chi connectivity index (χ0v) is 17.8. The van der Waals surface area contributed by atoms with Gasteiger partial charge in [-0.2, -0.15) is 0 Å². The monoisotopic (exact) mass is 395 g/mol. The summed E-state index contributed by atoms with van der Waals surface area (Å²) in [6.07, 6.45) is 4.01. The number of hydrogen-bond donors (Lipinski definition) is 1. The highest BCUT2D eigenvalue weighted by atomic mass is 32.2. The van der Waals surface area contributed by atoms with Crippen molar-refractivity contribution in [3.8, 4) is 0 Å². The Morgan fingerprint density at radius 2 is 2.19 bits per heavy atom. The molecule has 26 heavy (non-hydrogen) atoms. The normalized spacial score (nSPS) is 19.7. The fourth-order valence-electron chi connectivity index (χ4n) is 3.09. The molecule has 0 radical (unpaired) electrons. The molecule has 0 saturated heterocycles. The van der Waals surface area contributed by atoms with Crippen LogP contribution in [-0.4, -0.2) is 41.6 Å². The Kier molecular flexibility index (Phi) is 6.77. The minimum absolute atomic E-state index is 0.0933. The number of nitrogens with one attached hydrogen (secondary N) is 1. The SMILES string of the molecule is CCCSc1nc(NCCCOC)c2c3c(sc2n1)CO[C@@](C)(CC)C3. The number of rotatable bonds is 9. The van der Waals surface area contributed by atoms with Gasteiger partial charge in [-0.15, -0.1) is 11.3 Å². The summed E-state index contributed by atoms with van der Waals surface area (Å²) in [5.74, 6) is 2.01. The molecule has 1 N–H and O–H groups in total. The Bertz CT molecular complexity index is 750. The molecule has 0 bridgehead atoms. The topological polar surface area (TPSA) is 56.3 Å². The molecule has 0 fully saturated rings. The van der Waals surface area contributed by atoms with Crippen LogP contribution in [0.15, 0.2) is 5.16 Å². The summed E-state index contributed by atoms with van der Waals surface area (Å²) in [4.78, 5) is 12.1. The lowest BCUT2D eigenvalue weighted by molar-refractivity contribution is -0.0542. The lowest BCUT2D eigenvalue weighted by atomic mass is 9.90. The van der Waals surface area contributed by atoms with Crippen LogP contribution in [0.4, 0.5) is 5.82 Å². The van der Waals surface area contributed by atoms with E-state index in [9.17, 15) is 0 Å². The average molecular weight is 396 g/mol. The van der Waals surface area contributed by atoms with Gasteiger partial charge in [-0.1, -0.05) is 25.6 Å². The molecule has 0 saturated carbocycles. The molecule has 7 heteroatoms. The van der Waals surface area contributed by atoms with Crippen LogP contribution in [0.2, 0.25) is 0 Å². The predicted molar refractivity (Wildman–Crippen MR) is 111 cm³/mol. The molecule has 1 atom stereocenters.